The molecule has 0 aliphatic heterocycles. The van der Waals surface area contributed by atoms with Crippen molar-refractivity contribution in [2.24, 2.45) is 17.3 Å². The predicted molar refractivity (Wildman–Crippen MR) is 65.3 cm³/mol. The molecule has 6 nitrogen and oxygen atoms in total. The number of hydrogen-bond donors (Lipinski definition) is 5. The van der Waals surface area contributed by atoms with Gasteiger partial charge in [-0.15, -0.1) is 0 Å². The van der Waals surface area contributed by atoms with Gasteiger partial charge in [0.15, 0.2) is 0 Å². The second-order valence-corrected chi connectivity index (χ2v) is 4.05. The van der Waals surface area contributed by atoms with E-state index < -0.39 is 0 Å². The Labute approximate surface area is 97.3 Å². The van der Waals surface area contributed by atoms with Crippen LogP contribution in [0.3, 0.4) is 0 Å². The van der Waals surface area contributed by atoms with Crippen LogP contribution in [0, 0.1) is 0 Å². The zero-order valence-electron chi connectivity index (χ0n) is 10.0. The summed E-state index contributed by atoms with van der Waals surface area (Å²) in [7, 11) is 0. The molecule has 0 aliphatic rings. The molecule has 6 heteroatoms. The zero-order chi connectivity index (χ0) is 12.4. The molecule has 0 aliphatic carbocycles. The molecule has 0 heterocycles. The highest BCUT2D eigenvalue weighted by Crippen LogP contribution is 2.01. The molecule has 0 spiro atoms. The molecule has 0 unspecified atom stereocenters. The molecule has 0 fully saturated rings. The number of carbonyl (C=O) groups excluding carboxylic acids is 1. The Balaban J connectivity index is 3.83. The third-order valence-corrected chi connectivity index (χ3v) is 2.48. The van der Waals surface area contributed by atoms with E-state index in [9.17, 15) is 4.79 Å². The molecule has 0 aromatic heterocycles. The first-order valence-electron chi connectivity index (χ1n) is 5.80. The number of nitrogens with one attached hydrogen (secondary N) is 2. The molecule has 0 radical (unpaired) electrons. The van der Waals surface area contributed by atoms with Gasteiger partial charge in [-0.05, 0) is 39.2 Å². The Morgan fingerprint density at radius 2 is 2.00 bits per heavy atom. The minimum absolute atomic E-state index is 0.253. The summed E-state index contributed by atoms with van der Waals surface area (Å²) in [6.45, 7) is 3.39. The van der Waals surface area contributed by atoms with Crippen molar-refractivity contribution < 1.29 is 4.79 Å². The van der Waals surface area contributed by atoms with Crippen molar-refractivity contribution in [1.82, 2.24) is 10.7 Å². The van der Waals surface area contributed by atoms with Gasteiger partial charge in [0.1, 0.15) is 0 Å². The van der Waals surface area contributed by atoms with Gasteiger partial charge in [-0.25, -0.2) is 0 Å². The summed E-state index contributed by atoms with van der Waals surface area (Å²) in [5.74, 6) is 4.86. The van der Waals surface area contributed by atoms with Crippen LogP contribution >= 0.6 is 0 Å². The minimum Gasteiger partial charge on any atom is -0.368 e. The number of nitrogens with two attached hydrogens (primary N) is 3. The molecule has 16 heavy (non-hydrogen) atoms. The van der Waals surface area contributed by atoms with Crippen molar-refractivity contribution >= 4 is 5.91 Å². The zero-order valence-corrected chi connectivity index (χ0v) is 10.0. The Bertz CT molecular complexity index is 188. The van der Waals surface area contributed by atoms with Crippen LogP contribution in [0.4, 0.5) is 0 Å². The Kier molecular flexibility index (Phi) is 9.12. The molecule has 0 saturated heterocycles. The molecule has 0 saturated carbocycles. The molecule has 0 rings (SSSR count). The molecule has 2 atom stereocenters. The first-order chi connectivity index (χ1) is 7.61. The van der Waals surface area contributed by atoms with Gasteiger partial charge in [-0.3, -0.25) is 16.1 Å². The van der Waals surface area contributed by atoms with Crippen molar-refractivity contribution in [1.29, 1.82) is 0 Å². The second-order valence-electron chi connectivity index (χ2n) is 4.05. The predicted octanol–water partition coefficient (Wildman–Crippen LogP) is -1.20. The fourth-order valence-electron chi connectivity index (χ4n) is 1.57. The first-order valence-corrected chi connectivity index (χ1v) is 5.80. The SMILES string of the molecule is C[C@H](CCCNN)N[C@H](CCCN)C(N)=O. The van der Waals surface area contributed by atoms with Crippen molar-refractivity contribution in [2.45, 2.75) is 44.7 Å². The summed E-state index contributed by atoms with van der Waals surface area (Å²) in [5, 5.41) is 3.21. The Morgan fingerprint density at radius 1 is 1.31 bits per heavy atom. The van der Waals surface area contributed by atoms with Gasteiger partial charge in [0.2, 0.25) is 5.91 Å². The lowest BCUT2D eigenvalue weighted by Crippen LogP contribution is -2.45. The molecule has 8 N–H and O–H groups in total. The Hall–Kier alpha value is -0.690. The molecule has 96 valence electrons. The highest BCUT2D eigenvalue weighted by molar-refractivity contribution is 5.79. The van der Waals surface area contributed by atoms with Gasteiger partial charge in [-0.1, -0.05) is 0 Å². The van der Waals surface area contributed by atoms with E-state index in [0.29, 0.717) is 13.0 Å². The Morgan fingerprint density at radius 3 is 2.50 bits per heavy atom. The van der Waals surface area contributed by atoms with E-state index in [1.807, 2.05) is 6.92 Å². The van der Waals surface area contributed by atoms with E-state index in [-0.39, 0.29) is 18.0 Å². The number of hydrazine groups is 1. The van der Waals surface area contributed by atoms with Crippen LogP contribution in [0.2, 0.25) is 0 Å². The maximum Gasteiger partial charge on any atom is 0.234 e. The van der Waals surface area contributed by atoms with E-state index >= 15 is 0 Å². The average molecular weight is 231 g/mol. The van der Waals surface area contributed by atoms with E-state index in [1.54, 1.807) is 0 Å². The van der Waals surface area contributed by atoms with E-state index in [0.717, 1.165) is 25.8 Å². The second kappa shape index (κ2) is 9.53. The lowest BCUT2D eigenvalue weighted by molar-refractivity contribution is -0.120. The van der Waals surface area contributed by atoms with E-state index in [2.05, 4.69) is 10.7 Å². The van der Waals surface area contributed by atoms with Gasteiger partial charge < -0.3 is 16.8 Å². The third-order valence-electron chi connectivity index (χ3n) is 2.48. The topological polar surface area (TPSA) is 119 Å². The quantitative estimate of drug-likeness (QED) is 0.184. The van der Waals surface area contributed by atoms with Gasteiger partial charge in [0.05, 0.1) is 6.04 Å². The van der Waals surface area contributed by atoms with Crippen molar-refractivity contribution in [3.63, 3.8) is 0 Å². The number of carbonyl (C=O) groups is 1. The molecule has 0 aromatic rings. The minimum atomic E-state index is -0.308. The van der Waals surface area contributed by atoms with Gasteiger partial charge >= 0.3 is 0 Å². The molecular formula is C10H25N5O. The van der Waals surface area contributed by atoms with Crippen LogP contribution in [0.5, 0.6) is 0 Å². The van der Waals surface area contributed by atoms with Gasteiger partial charge in [0.25, 0.3) is 0 Å². The van der Waals surface area contributed by atoms with Gasteiger partial charge in [0, 0.05) is 12.6 Å². The van der Waals surface area contributed by atoms with E-state index in [1.165, 1.54) is 0 Å². The van der Waals surface area contributed by atoms with Gasteiger partial charge in [-0.2, -0.15) is 0 Å². The van der Waals surface area contributed by atoms with Crippen molar-refractivity contribution in [3.05, 3.63) is 0 Å². The maximum absolute atomic E-state index is 11.2. The van der Waals surface area contributed by atoms with E-state index in [4.69, 9.17) is 17.3 Å². The summed E-state index contributed by atoms with van der Waals surface area (Å²) >= 11 is 0. The van der Waals surface area contributed by atoms with Crippen LogP contribution in [0.25, 0.3) is 0 Å². The molecule has 0 bridgehead atoms. The number of rotatable bonds is 10. The largest absolute Gasteiger partial charge is 0.368 e. The average Bonchev–Trinajstić information content (AvgIpc) is 2.24. The first kappa shape index (κ1) is 15.3. The highest BCUT2D eigenvalue weighted by Gasteiger charge is 2.16. The third kappa shape index (κ3) is 7.58. The van der Waals surface area contributed by atoms with Crippen LogP contribution in [0.1, 0.15) is 32.6 Å². The van der Waals surface area contributed by atoms with Crippen LogP contribution in [-0.2, 0) is 4.79 Å². The van der Waals surface area contributed by atoms with Crippen molar-refractivity contribution in [2.75, 3.05) is 13.1 Å². The lowest BCUT2D eigenvalue weighted by Gasteiger charge is -2.20. The normalized spacial score (nSPS) is 14.7. The van der Waals surface area contributed by atoms with Crippen LogP contribution in [0.15, 0.2) is 0 Å². The summed E-state index contributed by atoms with van der Waals surface area (Å²) in [4.78, 5) is 11.2. The summed E-state index contributed by atoms with van der Waals surface area (Å²) in [6.07, 6.45) is 3.42. The molecule has 1 amide bonds. The lowest BCUT2D eigenvalue weighted by atomic mass is 10.1. The highest BCUT2D eigenvalue weighted by atomic mass is 16.1. The smallest absolute Gasteiger partial charge is 0.234 e. The molecule has 0 aromatic carbocycles. The van der Waals surface area contributed by atoms with Crippen LogP contribution in [-0.4, -0.2) is 31.1 Å². The number of amides is 1. The monoisotopic (exact) mass is 231 g/mol. The van der Waals surface area contributed by atoms with Crippen molar-refractivity contribution in [3.8, 4) is 0 Å². The maximum atomic E-state index is 11.2. The fourth-order valence-corrected chi connectivity index (χ4v) is 1.57. The molecular weight excluding hydrogens is 206 g/mol. The van der Waals surface area contributed by atoms with Crippen LogP contribution < -0.4 is 28.1 Å². The number of primary amides is 1. The summed E-state index contributed by atoms with van der Waals surface area (Å²) in [6, 6.07) is -0.0204. The summed E-state index contributed by atoms with van der Waals surface area (Å²) < 4.78 is 0. The fraction of sp³-hybridized carbons (Fsp3) is 0.900. The summed E-state index contributed by atoms with van der Waals surface area (Å²) in [5.41, 5.74) is 13.3. The standard InChI is InChI=1S/C10H25N5O/c1-8(4-3-7-14-13)15-9(10(12)16)5-2-6-11/h8-9,14-15H,2-7,11,13H2,1H3,(H2,12,16)/t8-,9-/m1/s1. The number of hydrogen-bond acceptors (Lipinski definition) is 5.